The van der Waals surface area contributed by atoms with Gasteiger partial charge in [-0.3, -0.25) is 9.59 Å². The maximum atomic E-state index is 13.0. The van der Waals surface area contributed by atoms with Crippen molar-refractivity contribution in [3.05, 3.63) is 59.5 Å². The summed E-state index contributed by atoms with van der Waals surface area (Å²) in [6.45, 7) is 5.92. The lowest BCUT2D eigenvalue weighted by Gasteiger charge is -2.38. The van der Waals surface area contributed by atoms with Gasteiger partial charge in [-0.2, -0.15) is 0 Å². The molecule has 0 radical (unpaired) electrons. The lowest BCUT2D eigenvalue weighted by Crippen LogP contribution is -2.54. The summed E-state index contributed by atoms with van der Waals surface area (Å²) >= 11 is 0. The fraction of sp³-hybridized carbons (Fsp3) is 0.400. The number of aryl methyl sites for hydroxylation is 1. The highest BCUT2D eigenvalue weighted by molar-refractivity contribution is 5.97. The molecule has 1 aliphatic rings. The predicted octanol–water partition coefficient (Wildman–Crippen LogP) is 2.56. The fourth-order valence-electron chi connectivity index (χ4n) is 3.23. The number of carbonyl (C=O) groups is 2. The van der Waals surface area contributed by atoms with Crippen molar-refractivity contribution in [3.63, 3.8) is 0 Å². The SMILES string of the molecule is CCc1ccc(C2CNCCN2C(=O)C(C)NC(=O)c2ccoc2)cc1.Cl. The minimum atomic E-state index is -0.604. The van der Waals surface area contributed by atoms with Crippen molar-refractivity contribution < 1.29 is 14.0 Å². The van der Waals surface area contributed by atoms with Crippen LogP contribution in [0.25, 0.3) is 0 Å². The zero-order chi connectivity index (χ0) is 18.5. The van der Waals surface area contributed by atoms with Gasteiger partial charge in [0.05, 0.1) is 17.9 Å². The summed E-state index contributed by atoms with van der Waals surface area (Å²) in [5.41, 5.74) is 2.80. The van der Waals surface area contributed by atoms with Crippen LogP contribution in [0.15, 0.2) is 47.3 Å². The molecule has 6 nitrogen and oxygen atoms in total. The Kier molecular flexibility index (Phi) is 7.45. The van der Waals surface area contributed by atoms with Gasteiger partial charge in [0.1, 0.15) is 12.3 Å². The molecule has 7 heteroatoms. The first-order valence-corrected chi connectivity index (χ1v) is 9.03. The number of amides is 2. The summed E-state index contributed by atoms with van der Waals surface area (Å²) in [6.07, 6.45) is 3.80. The Labute approximate surface area is 165 Å². The van der Waals surface area contributed by atoms with Gasteiger partial charge in [0.2, 0.25) is 5.91 Å². The van der Waals surface area contributed by atoms with Gasteiger partial charge in [0.15, 0.2) is 0 Å². The van der Waals surface area contributed by atoms with Crippen molar-refractivity contribution in [1.29, 1.82) is 0 Å². The quantitative estimate of drug-likeness (QED) is 0.821. The lowest BCUT2D eigenvalue weighted by atomic mass is 10.00. The summed E-state index contributed by atoms with van der Waals surface area (Å²) in [7, 11) is 0. The van der Waals surface area contributed by atoms with Crippen molar-refractivity contribution >= 4 is 24.2 Å². The van der Waals surface area contributed by atoms with E-state index in [4.69, 9.17) is 4.42 Å². The van der Waals surface area contributed by atoms with E-state index < -0.39 is 6.04 Å². The van der Waals surface area contributed by atoms with E-state index in [1.165, 1.54) is 18.1 Å². The van der Waals surface area contributed by atoms with Gasteiger partial charge in [0.25, 0.3) is 5.91 Å². The summed E-state index contributed by atoms with van der Waals surface area (Å²) in [6, 6.07) is 9.34. The number of piperazine rings is 1. The topological polar surface area (TPSA) is 74.6 Å². The molecule has 0 bridgehead atoms. The van der Waals surface area contributed by atoms with Crippen LogP contribution in [0.5, 0.6) is 0 Å². The molecule has 1 aromatic heterocycles. The second kappa shape index (κ2) is 9.58. The fourth-order valence-corrected chi connectivity index (χ4v) is 3.23. The molecule has 146 valence electrons. The number of carbonyl (C=O) groups excluding carboxylic acids is 2. The normalized spacial score (nSPS) is 17.7. The first-order valence-electron chi connectivity index (χ1n) is 9.03. The van der Waals surface area contributed by atoms with Gasteiger partial charge in [-0.15, -0.1) is 12.4 Å². The molecule has 0 aliphatic carbocycles. The van der Waals surface area contributed by atoms with Crippen LogP contribution in [0.4, 0.5) is 0 Å². The standard InChI is InChI=1S/C20H25N3O3.ClH/c1-3-15-4-6-16(7-5-15)18-12-21-9-10-23(18)20(25)14(2)22-19(24)17-8-11-26-13-17;/h4-8,11,13-14,18,21H,3,9-10,12H2,1-2H3,(H,22,24);1H. The summed E-state index contributed by atoms with van der Waals surface area (Å²) < 4.78 is 4.92. The average Bonchev–Trinajstić information content (AvgIpc) is 3.22. The van der Waals surface area contributed by atoms with E-state index >= 15 is 0 Å². The van der Waals surface area contributed by atoms with E-state index in [-0.39, 0.29) is 30.3 Å². The van der Waals surface area contributed by atoms with Crippen LogP contribution in [0.1, 0.15) is 41.4 Å². The molecule has 1 aliphatic heterocycles. The highest BCUT2D eigenvalue weighted by Gasteiger charge is 2.31. The van der Waals surface area contributed by atoms with Crippen LogP contribution >= 0.6 is 12.4 Å². The van der Waals surface area contributed by atoms with Crippen molar-refractivity contribution in [1.82, 2.24) is 15.5 Å². The second-order valence-electron chi connectivity index (χ2n) is 6.55. The van der Waals surface area contributed by atoms with Crippen molar-refractivity contribution in [2.45, 2.75) is 32.4 Å². The van der Waals surface area contributed by atoms with E-state index in [2.05, 4.69) is 41.8 Å². The van der Waals surface area contributed by atoms with Crippen molar-refractivity contribution in [3.8, 4) is 0 Å². The molecule has 0 saturated carbocycles. The van der Waals surface area contributed by atoms with Crippen molar-refractivity contribution in [2.24, 2.45) is 0 Å². The Hall–Kier alpha value is -2.31. The van der Waals surface area contributed by atoms with Gasteiger partial charge < -0.3 is 20.0 Å². The molecule has 2 unspecified atom stereocenters. The number of hydrogen-bond donors (Lipinski definition) is 2. The molecular weight excluding hydrogens is 366 g/mol. The molecule has 1 saturated heterocycles. The van der Waals surface area contributed by atoms with Crippen molar-refractivity contribution in [2.75, 3.05) is 19.6 Å². The van der Waals surface area contributed by atoms with E-state index in [1.807, 2.05) is 4.90 Å². The Morgan fingerprint density at radius 2 is 2.04 bits per heavy atom. The molecule has 2 atom stereocenters. The largest absolute Gasteiger partial charge is 0.472 e. The van der Waals surface area contributed by atoms with E-state index in [0.717, 1.165) is 18.5 Å². The third kappa shape index (κ3) is 4.90. The van der Waals surface area contributed by atoms with Gasteiger partial charge >= 0.3 is 0 Å². The monoisotopic (exact) mass is 391 g/mol. The van der Waals surface area contributed by atoms with Gasteiger partial charge in [-0.05, 0) is 30.5 Å². The number of nitrogens with one attached hydrogen (secondary N) is 2. The highest BCUT2D eigenvalue weighted by atomic mass is 35.5. The molecule has 2 N–H and O–H groups in total. The first-order chi connectivity index (χ1) is 12.6. The van der Waals surface area contributed by atoms with E-state index in [0.29, 0.717) is 18.7 Å². The third-order valence-corrected chi connectivity index (χ3v) is 4.80. The molecule has 3 rings (SSSR count). The average molecular weight is 392 g/mol. The Balaban J connectivity index is 0.00000261. The van der Waals surface area contributed by atoms with Gasteiger partial charge in [-0.1, -0.05) is 31.2 Å². The zero-order valence-corrected chi connectivity index (χ0v) is 16.4. The van der Waals surface area contributed by atoms with Gasteiger partial charge in [-0.25, -0.2) is 0 Å². The van der Waals surface area contributed by atoms with E-state index in [9.17, 15) is 9.59 Å². The summed E-state index contributed by atoms with van der Waals surface area (Å²) in [5, 5.41) is 6.11. The second-order valence-corrected chi connectivity index (χ2v) is 6.55. The predicted molar refractivity (Wildman–Crippen MR) is 106 cm³/mol. The molecule has 2 amide bonds. The molecule has 1 fully saturated rings. The smallest absolute Gasteiger partial charge is 0.255 e. The molecule has 0 spiro atoms. The first kappa shape index (κ1) is 21.0. The number of benzene rings is 1. The Morgan fingerprint density at radius 1 is 1.30 bits per heavy atom. The molecule has 27 heavy (non-hydrogen) atoms. The minimum absolute atomic E-state index is 0. The number of furan rings is 1. The maximum absolute atomic E-state index is 13.0. The molecule has 2 aromatic rings. The van der Waals surface area contributed by atoms with Crippen LogP contribution < -0.4 is 10.6 Å². The highest BCUT2D eigenvalue weighted by Crippen LogP contribution is 2.23. The van der Waals surface area contributed by atoms with E-state index in [1.54, 1.807) is 13.0 Å². The number of halogens is 1. The zero-order valence-electron chi connectivity index (χ0n) is 15.6. The Bertz CT molecular complexity index is 746. The summed E-state index contributed by atoms with van der Waals surface area (Å²) in [4.78, 5) is 27.0. The number of hydrogen-bond acceptors (Lipinski definition) is 4. The Morgan fingerprint density at radius 3 is 2.67 bits per heavy atom. The lowest BCUT2D eigenvalue weighted by molar-refractivity contribution is -0.136. The number of rotatable bonds is 5. The van der Waals surface area contributed by atoms with Gasteiger partial charge in [0, 0.05) is 19.6 Å². The maximum Gasteiger partial charge on any atom is 0.255 e. The summed E-state index contributed by atoms with van der Waals surface area (Å²) in [5.74, 6) is -0.383. The molecule has 2 heterocycles. The number of nitrogens with zero attached hydrogens (tertiary/aromatic N) is 1. The van der Waals surface area contributed by atoms with Crippen LogP contribution in [-0.2, 0) is 11.2 Å². The van der Waals surface area contributed by atoms with Crippen LogP contribution in [0, 0.1) is 0 Å². The van der Waals surface area contributed by atoms with Crippen LogP contribution in [-0.4, -0.2) is 42.4 Å². The van der Waals surface area contributed by atoms with Crippen LogP contribution in [0.2, 0.25) is 0 Å². The van der Waals surface area contributed by atoms with Crippen LogP contribution in [0.3, 0.4) is 0 Å². The molecule has 1 aromatic carbocycles. The third-order valence-electron chi connectivity index (χ3n) is 4.80. The minimum Gasteiger partial charge on any atom is -0.472 e. The molecular formula is C20H26ClN3O3.